The van der Waals surface area contributed by atoms with Crippen LogP contribution in [0.1, 0.15) is 5.56 Å². The average molecular weight is 551 g/mol. The van der Waals surface area contributed by atoms with E-state index >= 15 is 0 Å². The van der Waals surface area contributed by atoms with Crippen molar-refractivity contribution in [2.45, 2.75) is 11.8 Å². The maximum absolute atomic E-state index is 13.0. The number of aryl methyl sites for hydroxylation is 1. The van der Waals surface area contributed by atoms with Gasteiger partial charge in [-0.3, -0.25) is 4.31 Å². The first-order valence-corrected chi connectivity index (χ1v) is 12.4. The first kappa shape index (κ1) is 25.5. The normalized spacial score (nSPS) is 11.3. The first-order valence-electron chi connectivity index (χ1n) is 9.47. The Morgan fingerprint density at radius 3 is 2.33 bits per heavy atom. The van der Waals surface area contributed by atoms with Gasteiger partial charge in [0.15, 0.2) is 10.3 Å². The number of aromatic hydroxyl groups is 1. The van der Waals surface area contributed by atoms with E-state index in [1.54, 1.807) is 30.3 Å². The number of para-hydroxylation sites is 1. The minimum absolute atomic E-state index is 0.0199. The van der Waals surface area contributed by atoms with E-state index in [9.17, 15) is 13.5 Å². The van der Waals surface area contributed by atoms with Crippen LogP contribution in [-0.4, -0.2) is 38.7 Å². The number of phenolic OH excluding ortho intramolecular Hbond substituents is 1. The molecule has 0 amide bonds. The fourth-order valence-corrected chi connectivity index (χ4v) is 5.06. The van der Waals surface area contributed by atoms with E-state index in [1.807, 2.05) is 6.92 Å². The van der Waals surface area contributed by atoms with Gasteiger partial charge in [-0.15, -0.1) is 0 Å². The zero-order valence-electron chi connectivity index (χ0n) is 17.4. The molecule has 1 heterocycles. The van der Waals surface area contributed by atoms with Crippen molar-refractivity contribution in [3.05, 3.63) is 68.4 Å². The van der Waals surface area contributed by atoms with Crippen LogP contribution in [0.25, 0.3) is 0 Å². The molecule has 0 aliphatic rings. The molecule has 0 saturated heterocycles. The fourth-order valence-electron chi connectivity index (χ4n) is 2.94. The minimum atomic E-state index is -3.98. The molecule has 33 heavy (non-hydrogen) atoms. The van der Waals surface area contributed by atoms with E-state index in [4.69, 9.17) is 51.1 Å². The number of nitrogens with one attached hydrogen (secondary N) is 1. The van der Waals surface area contributed by atoms with Crippen molar-refractivity contribution in [2.75, 3.05) is 29.8 Å². The molecule has 3 rings (SSSR count). The van der Waals surface area contributed by atoms with Crippen molar-refractivity contribution in [1.82, 2.24) is 4.98 Å². The Bertz CT molecular complexity index is 1260. The van der Waals surface area contributed by atoms with Crippen LogP contribution < -0.4 is 14.4 Å². The third-order valence-electron chi connectivity index (χ3n) is 4.57. The van der Waals surface area contributed by atoms with E-state index in [-0.39, 0.29) is 37.6 Å². The largest absolute Gasteiger partial charge is 0.507 e. The van der Waals surface area contributed by atoms with Gasteiger partial charge in [0.1, 0.15) is 33.0 Å². The monoisotopic (exact) mass is 549 g/mol. The van der Waals surface area contributed by atoms with Crippen LogP contribution in [0.15, 0.2) is 47.4 Å². The maximum Gasteiger partial charge on any atom is 0.267 e. The minimum Gasteiger partial charge on any atom is -0.507 e. The highest BCUT2D eigenvalue weighted by Gasteiger charge is 2.25. The van der Waals surface area contributed by atoms with Gasteiger partial charge in [0.25, 0.3) is 10.0 Å². The van der Waals surface area contributed by atoms with Crippen molar-refractivity contribution in [3.8, 4) is 11.5 Å². The summed E-state index contributed by atoms with van der Waals surface area (Å²) in [7, 11) is -2.57. The van der Waals surface area contributed by atoms with Crippen LogP contribution in [0.2, 0.25) is 20.4 Å². The van der Waals surface area contributed by atoms with Crippen molar-refractivity contribution < 1.29 is 18.3 Å². The second-order valence-corrected chi connectivity index (χ2v) is 10.3. The predicted octanol–water partition coefficient (Wildman–Crippen LogP) is 6.03. The lowest BCUT2D eigenvalue weighted by molar-refractivity contribution is 0.333. The standard InChI is InChI=1S/C21H19Cl4N3O4S/c1-12-9-13(28(2)33(30,31)16-6-4-3-5-15(16)29)11-14(10-12)32-8-7-26-19-17(22)20(24)27-21(25)18(19)23/h3-6,9-11,29H,7-8H2,1-2H3,(H,26,27). The highest BCUT2D eigenvalue weighted by Crippen LogP contribution is 2.38. The van der Waals surface area contributed by atoms with E-state index in [2.05, 4.69) is 10.3 Å². The molecule has 0 aliphatic heterocycles. The summed E-state index contributed by atoms with van der Waals surface area (Å²) in [6.45, 7) is 2.31. The SMILES string of the molecule is Cc1cc(OCCNc2c(Cl)c(Cl)nc(Cl)c2Cl)cc(N(C)S(=O)(=O)c2ccccc2O)c1. The molecule has 12 heteroatoms. The Morgan fingerprint density at radius 2 is 1.70 bits per heavy atom. The number of ether oxygens (including phenoxy) is 1. The predicted molar refractivity (Wildman–Crippen MR) is 133 cm³/mol. The number of halogens is 4. The maximum atomic E-state index is 13.0. The molecule has 0 spiro atoms. The second kappa shape index (κ2) is 10.4. The molecular formula is C21H19Cl4N3O4S. The molecule has 0 radical (unpaired) electrons. The van der Waals surface area contributed by atoms with Gasteiger partial charge in [0.05, 0.1) is 11.4 Å². The molecule has 1 aromatic heterocycles. The molecule has 176 valence electrons. The fraction of sp³-hybridized carbons (Fsp3) is 0.190. The van der Waals surface area contributed by atoms with E-state index in [0.717, 1.165) is 9.87 Å². The summed E-state index contributed by atoms with van der Waals surface area (Å²) in [4.78, 5) is 3.63. The first-order chi connectivity index (χ1) is 15.5. The van der Waals surface area contributed by atoms with Crippen molar-refractivity contribution in [1.29, 1.82) is 0 Å². The summed E-state index contributed by atoms with van der Waals surface area (Å²) in [5, 5.41) is 13.3. The Balaban J connectivity index is 1.73. The van der Waals surface area contributed by atoms with E-state index < -0.39 is 10.0 Å². The van der Waals surface area contributed by atoms with E-state index in [0.29, 0.717) is 23.7 Å². The smallest absolute Gasteiger partial charge is 0.267 e. The lowest BCUT2D eigenvalue weighted by atomic mass is 10.2. The highest BCUT2D eigenvalue weighted by molar-refractivity contribution is 7.92. The quantitative estimate of drug-likeness (QED) is 0.263. The second-order valence-electron chi connectivity index (χ2n) is 6.92. The molecule has 0 bridgehead atoms. The van der Waals surface area contributed by atoms with Gasteiger partial charge in [-0.2, -0.15) is 0 Å². The molecule has 0 atom stereocenters. The van der Waals surface area contributed by atoms with Gasteiger partial charge in [0, 0.05) is 19.7 Å². The number of pyridine rings is 1. The van der Waals surface area contributed by atoms with Crippen LogP contribution >= 0.6 is 46.4 Å². The average Bonchev–Trinajstić information content (AvgIpc) is 2.76. The highest BCUT2D eigenvalue weighted by atomic mass is 35.5. The molecule has 7 nitrogen and oxygen atoms in total. The number of benzene rings is 2. The van der Waals surface area contributed by atoms with Crippen molar-refractivity contribution in [3.63, 3.8) is 0 Å². The number of sulfonamides is 1. The van der Waals surface area contributed by atoms with Gasteiger partial charge in [0.2, 0.25) is 0 Å². The van der Waals surface area contributed by atoms with Crippen LogP contribution in [-0.2, 0) is 10.0 Å². The summed E-state index contributed by atoms with van der Waals surface area (Å²) < 4.78 is 32.8. The van der Waals surface area contributed by atoms with Crippen LogP contribution in [0.5, 0.6) is 11.5 Å². The lowest BCUT2D eigenvalue weighted by Gasteiger charge is -2.21. The molecule has 2 aromatic carbocycles. The number of hydrogen-bond acceptors (Lipinski definition) is 6. The van der Waals surface area contributed by atoms with Gasteiger partial charge < -0.3 is 15.2 Å². The molecule has 0 fully saturated rings. The van der Waals surface area contributed by atoms with Gasteiger partial charge in [-0.25, -0.2) is 13.4 Å². The Labute approximate surface area is 211 Å². The summed E-state index contributed by atoms with van der Waals surface area (Å²) in [6, 6.07) is 10.8. The number of aromatic nitrogens is 1. The molecule has 0 saturated carbocycles. The number of nitrogens with zero attached hydrogens (tertiary/aromatic N) is 2. The zero-order chi connectivity index (χ0) is 24.3. The van der Waals surface area contributed by atoms with Crippen LogP contribution in [0.3, 0.4) is 0 Å². The summed E-state index contributed by atoms with van der Waals surface area (Å²) >= 11 is 24.1. The van der Waals surface area contributed by atoms with E-state index in [1.165, 1.54) is 19.2 Å². The van der Waals surface area contributed by atoms with Crippen molar-refractivity contribution >= 4 is 67.8 Å². The lowest BCUT2D eigenvalue weighted by Crippen LogP contribution is -2.26. The van der Waals surface area contributed by atoms with Crippen LogP contribution in [0.4, 0.5) is 11.4 Å². The molecule has 2 N–H and O–H groups in total. The molecule has 0 unspecified atom stereocenters. The van der Waals surface area contributed by atoms with Gasteiger partial charge in [-0.05, 0) is 36.8 Å². The van der Waals surface area contributed by atoms with Crippen molar-refractivity contribution in [2.24, 2.45) is 0 Å². The van der Waals surface area contributed by atoms with Crippen LogP contribution in [0, 0.1) is 6.92 Å². The number of anilines is 2. The third-order valence-corrected chi connectivity index (χ3v) is 7.88. The Hall–Kier alpha value is -2.10. The zero-order valence-corrected chi connectivity index (χ0v) is 21.3. The number of rotatable bonds is 8. The van der Waals surface area contributed by atoms with Gasteiger partial charge in [-0.1, -0.05) is 58.5 Å². The number of hydrogen-bond donors (Lipinski definition) is 2. The third kappa shape index (κ3) is 5.70. The number of phenols is 1. The topological polar surface area (TPSA) is 91.8 Å². The summed E-state index contributed by atoms with van der Waals surface area (Å²) in [5.74, 6) is 0.127. The summed E-state index contributed by atoms with van der Waals surface area (Å²) in [6.07, 6.45) is 0. The van der Waals surface area contributed by atoms with Gasteiger partial charge >= 0.3 is 0 Å². The molecule has 0 aliphatic carbocycles. The molecule has 3 aromatic rings. The Kier molecular flexibility index (Phi) is 8.08. The molecular weight excluding hydrogens is 532 g/mol. The summed E-state index contributed by atoms with van der Waals surface area (Å²) in [5.41, 5.74) is 1.50. The Morgan fingerprint density at radius 1 is 1.06 bits per heavy atom.